The molecule has 0 fully saturated rings. The minimum absolute atomic E-state index is 0.0683. The van der Waals surface area contributed by atoms with Gasteiger partial charge in [-0.15, -0.1) is 23.5 Å². The second-order valence-corrected chi connectivity index (χ2v) is 13.7. The van der Waals surface area contributed by atoms with Crippen molar-refractivity contribution in [2.45, 2.75) is 39.6 Å². The zero-order valence-electron chi connectivity index (χ0n) is 19.3. The van der Waals surface area contributed by atoms with Crippen molar-refractivity contribution in [3.05, 3.63) is 47.7 Å². The lowest BCUT2D eigenvalue weighted by Crippen LogP contribution is -2.34. The highest BCUT2D eigenvalue weighted by molar-refractivity contribution is 8.38. The topological polar surface area (TPSA) is 74.2 Å². The maximum atomic E-state index is 13.0. The highest BCUT2D eigenvalue weighted by atomic mass is 32.2. The summed E-state index contributed by atoms with van der Waals surface area (Å²) < 4.78 is 17.7. The molecule has 0 aliphatic carbocycles. The number of carbonyl (C=O) groups is 2. The van der Waals surface area contributed by atoms with E-state index in [9.17, 15) is 9.59 Å². The number of ether oxygens (including phenoxy) is 2. The van der Waals surface area contributed by atoms with Gasteiger partial charge in [0.2, 0.25) is 0 Å². The van der Waals surface area contributed by atoms with Gasteiger partial charge in [-0.1, -0.05) is 30.3 Å². The first-order valence-corrected chi connectivity index (χ1v) is 16.0. The lowest BCUT2D eigenvalue weighted by atomic mass is 9.94. The number of hydrogen-bond acceptors (Lipinski definition) is 8. The van der Waals surface area contributed by atoms with Crippen LogP contribution in [0.25, 0.3) is 0 Å². The van der Waals surface area contributed by atoms with Crippen LogP contribution in [0.2, 0.25) is 19.6 Å². The highest BCUT2D eigenvalue weighted by Gasteiger charge is 2.35. The van der Waals surface area contributed by atoms with Gasteiger partial charge in [-0.25, -0.2) is 9.79 Å². The molecule has 1 aromatic carbocycles. The minimum Gasteiger partial charge on any atom is -0.465 e. The lowest BCUT2D eigenvalue weighted by molar-refractivity contribution is -0.149. The summed E-state index contributed by atoms with van der Waals surface area (Å²) in [5, 5.41) is 0. The molecule has 0 bridgehead atoms. The summed E-state index contributed by atoms with van der Waals surface area (Å²) in [5.74, 6) is -1.92. The number of benzene rings is 1. The maximum Gasteiger partial charge on any atom is 0.356 e. The molecule has 31 heavy (non-hydrogen) atoms. The summed E-state index contributed by atoms with van der Waals surface area (Å²) in [7, 11) is -2.07. The largest absolute Gasteiger partial charge is 0.465 e. The van der Waals surface area contributed by atoms with Crippen LogP contribution in [0.5, 0.6) is 0 Å². The van der Waals surface area contributed by atoms with E-state index in [1.807, 2.05) is 42.8 Å². The highest BCUT2D eigenvalue weighted by Crippen LogP contribution is 2.33. The SMILES string of the molecule is CCOC(=O)/C(=C/[C@@H](C(=O)OCC)[C@@H](O[Si](C)(C)C)c1ccccc1)N=C(SC)SC. The Balaban J connectivity index is 3.64. The molecule has 0 spiro atoms. The summed E-state index contributed by atoms with van der Waals surface area (Å²) in [6, 6.07) is 9.51. The first-order chi connectivity index (χ1) is 14.7. The summed E-state index contributed by atoms with van der Waals surface area (Å²) in [4.78, 5) is 30.2. The molecule has 9 heteroatoms. The predicted octanol–water partition coefficient (Wildman–Crippen LogP) is 5.29. The monoisotopic (exact) mass is 483 g/mol. The van der Waals surface area contributed by atoms with Crippen molar-refractivity contribution >= 4 is 48.2 Å². The molecule has 0 aromatic heterocycles. The number of nitrogens with zero attached hydrogens (tertiary/aromatic N) is 1. The molecular weight excluding hydrogens is 450 g/mol. The number of aliphatic imine (C=N–C) groups is 1. The normalized spacial score (nSPS) is 13.8. The quantitative estimate of drug-likeness (QED) is 0.147. The van der Waals surface area contributed by atoms with Crippen LogP contribution in [0.4, 0.5) is 0 Å². The van der Waals surface area contributed by atoms with Gasteiger partial charge in [-0.05, 0) is 57.6 Å². The Hall–Kier alpha value is -1.55. The number of rotatable bonds is 10. The zero-order chi connectivity index (χ0) is 23.4. The average Bonchev–Trinajstić information content (AvgIpc) is 2.73. The van der Waals surface area contributed by atoms with Crippen molar-refractivity contribution in [2.75, 3.05) is 25.7 Å². The van der Waals surface area contributed by atoms with Crippen molar-refractivity contribution in [1.29, 1.82) is 0 Å². The summed E-state index contributed by atoms with van der Waals surface area (Å²) in [6.45, 7) is 10.1. The van der Waals surface area contributed by atoms with Crippen LogP contribution in [0.1, 0.15) is 25.5 Å². The second kappa shape index (κ2) is 13.8. The Labute approximate surface area is 195 Å². The second-order valence-electron chi connectivity index (χ2n) is 7.40. The molecule has 0 aliphatic rings. The molecule has 0 saturated heterocycles. The van der Waals surface area contributed by atoms with Crippen LogP contribution >= 0.6 is 23.5 Å². The third kappa shape index (κ3) is 9.63. The molecule has 0 N–H and O–H groups in total. The standard InChI is InChI=1S/C22H33NO5S2Si/c1-8-26-20(24)17(15-18(21(25)27-9-2)23-22(29-3)30-4)19(28-31(5,6)7)16-13-11-10-12-14-16/h10-15,17,19H,8-9H2,1-7H3/b18-15-/t17-,19+/m1/s1. The fourth-order valence-electron chi connectivity index (χ4n) is 2.69. The lowest BCUT2D eigenvalue weighted by Gasteiger charge is -2.30. The summed E-state index contributed by atoms with van der Waals surface area (Å²) in [5.41, 5.74) is 0.903. The molecule has 6 nitrogen and oxygen atoms in total. The van der Waals surface area contributed by atoms with Crippen molar-refractivity contribution in [2.24, 2.45) is 10.9 Å². The first-order valence-electron chi connectivity index (χ1n) is 10.1. The van der Waals surface area contributed by atoms with Crippen molar-refractivity contribution < 1.29 is 23.5 Å². The summed E-state index contributed by atoms with van der Waals surface area (Å²) >= 11 is 2.84. The van der Waals surface area contributed by atoms with Gasteiger partial charge in [-0.2, -0.15) is 0 Å². The Morgan fingerprint density at radius 1 is 1.03 bits per heavy atom. The van der Waals surface area contributed by atoms with Crippen LogP contribution in [-0.2, 0) is 23.5 Å². The molecule has 0 amide bonds. The van der Waals surface area contributed by atoms with E-state index in [0.717, 1.165) is 5.56 Å². The molecule has 2 atom stereocenters. The molecule has 0 radical (unpaired) electrons. The van der Waals surface area contributed by atoms with Gasteiger partial charge in [0, 0.05) is 0 Å². The van der Waals surface area contributed by atoms with Gasteiger partial charge < -0.3 is 13.9 Å². The Kier molecular flexibility index (Phi) is 12.2. The van der Waals surface area contributed by atoms with Crippen LogP contribution in [0.15, 0.2) is 47.1 Å². The summed E-state index contributed by atoms with van der Waals surface area (Å²) in [6.07, 6.45) is 4.67. The van der Waals surface area contributed by atoms with Gasteiger partial charge in [0.05, 0.1) is 19.3 Å². The maximum absolute atomic E-state index is 13.0. The van der Waals surface area contributed by atoms with Gasteiger partial charge in [-0.3, -0.25) is 4.79 Å². The van der Waals surface area contributed by atoms with Gasteiger partial charge >= 0.3 is 11.9 Å². The molecule has 0 saturated carbocycles. The fraction of sp³-hybridized carbons (Fsp3) is 0.500. The van der Waals surface area contributed by atoms with E-state index in [1.165, 1.54) is 29.6 Å². The molecule has 172 valence electrons. The molecule has 0 unspecified atom stereocenters. The van der Waals surface area contributed by atoms with Crippen LogP contribution < -0.4 is 0 Å². The number of thioether (sulfide) groups is 2. The van der Waals surface area contributed by atoms with E-state index < -0.39 is 32.3 Å². The van der Waals surface area contributed by atoms with E-state index >= 15 is 0 Å². The van der Waals surface area contributed by atoms with Crippen LogP contribution in [-0.4, -0.2) is 50.4 Å². The van der Waals surface area contributed by atoms with E-state index in [0.29, 0.717) is 4.38 Å². The zero-order valence-corrected chi connectivity index (χ0v) is 22.0. The fourth-order valence-corrected chi connectivity index (χ4v) is 4.78. The van der Waals surface area contributed by atoms with E-state index in [4.69, 9.17) is 13.9 Å². The van der Waals surface area contributed by atoms with Gasteiger partial charge in [0.15, 0.2) is 8.32 Å². The van der Waals surface area contributed by atoms with Gasteiger partial charge in [0.1, 0.15) is 16.0 Å². The van der Waals surface area contributed by atoms with Crippen LogP contribution in [0.3, 0.4) is 0 Å². The number of hydrogen-bond donors (Lipinski definition) is 0. The third-order valence-electron chi connectivity index (χ3n) is 3.88. The molecule has 0 aliphatic heterocycles. The Bertz CT molecular complexity index is 772. The Morgan fingerprint density at radius 3 is 2.10 bits per heavy atom. The number of carbonyl (C=O) groups excluding carboxylic acids is 2. The van der Waals surface area contributed by atoms with Gasteiger partial charge in [0.25, 0.3) is 0 Å². The number of esters is 2. The molecular formula is C22H33NO5S2Si. The van der Waals surface area contributed by atoms with E-state index in [-0.39, 0.29) is 18.9 Å². The van der Waals surface area contributed by atoms with Crippen molar-refractivity contribution in [3.8, 4) is 0 Å². The molecule has 0 heterocycles. The average molecular weight is 484 g/mol. The van der Waals surface area contributed by atoms with E-state index in [2.05, 4.69) is 24.6 Å². The third-order valence-corrected chi connectivity index (χ3v) is 6.72. The smallest absolute Gasteiger partial charge is 0.356 e. The Morgan fingerprint density at radius 2 is 1.61 bits per heavy atom. The van der Waals surface area contributed by atoms with Crippen LogP contribution in [0, 0.1) is 5.92 Å². The first kappa shape index (κ1) is 27.5. The molecule has 1 aromatic rings. The van der Waals surface area contributed by atoms with E-state index in [1.54, 1.807) is 13.8 Å². The van der Waals surface area contributed by atoms with Crippen molar-refractivity contribution in [1.82, 2.24) is 0 Å². The van der Waals surface area contributed by atoms with Crippen molar-refractivity contribution in [3.63, 3.8) is 0 Å². The molecule has 1 rings (SSSR count). The predicted molar refractivity (Wildman–Crippen MR) is 133 cm³/mol. The minimum atomic E-state index is -2.07.